The molecule has 2 rings (SSSR count). The Morgan fingerprint density at radius 2 is 2.06 bits per heavy atom. The SMILES string of the molecule is CCNC(C)c1ccccc1N1CC(C)CC1C. The van der Waals surface area contributed by atoms with Gasteiger partial charge in [-0.1, -0.05) is 32.0 Å². The van der Waals surface area contributed by atoms with E-state index in [4.69, 9.17) is 0 Å². The van der Waals surface area contributed by atoms with Gasteiger partial charge in [0.25, 0.3) is 0 Å². The summed E-state index contributed by atoms with van der Waals surface area (Å²) in [6.07, 6.45) is 1.31. The van der Waals surface area contributed by atoms with E-state index in [1.807, 2.05) is 0 Å². The van der Waals surface area contributed by atoms with Gasteiger partial charge in [0.05, 0.1) is 0 Å². The molecule has 2 heteroatoms. The molecule has 0 radical (unpaired) electrons. The molecule has 3 atom stereocenters. The number of hydrogen-bond donors (Lipinski definition) is 1. The molecule has 1 N–H and O–H groups in total. The van der Waals surface area contributed by atoms with Gasteiger partial charge < -0.3 is 10.2 Å². The van der Waals surface area contributed by atoms with Crippen LogP contribution in [0.25, 0.3) is 0 Å². The molecule has 1 aliphatic rings. The Kier molecular flexibility index (Phi) is 4.28. The van der Waals surface area contributed by atoms with Crippen molar-refractivity contribution in [2.24, 2.45) is 5.92 Å². The lowest BCUT2D eigenvalue weighted by molar-refractivity contribution is 0.594. The van der Waals surface area contributed by atoms with Gasteiger partial charge in [-0.3, -0.25) is 0 Å². The summed E-state index contributed by atoms with van der Waals surface area (Å²) in [6, 6.07) is 9.93. The summed E-state index contributed by atoms with van der Waals surface area (Å²) in [5, 5.41) is 3.53. The Labute approximate surface area is 111 Å². The lowest BCUT2D eigenvalue weighted by atomic mass is 10.0. The van der Waals surface area contributed by atoms with Crippen LogP contribution < -0.4 is 10.2 Å². The van der Waals surface area contributed by atoms with E-state index in [-0.39, 0.29) is 0 Å². The highest BCUT2D eigenvalue weighted by Gasteiger charge is 2.28. The fourth-order valence-electron chi connectivity index (χ4n) is 3.17. The van der Waals surface area contributed by atoms with Crippen LogP contribution in [-0.4, -0.2) is 19.1 Å². The largest absolute Gasteiger partial charge is 0.368 e. The number of rotatable bonds is 4. The maximum Gasteiger partial charge on any atom is 0.0417 e. The molecule has 1 saturated heterocycles. The molecule has 1 heterocycles. The van der Waals surface area contributed by atoms with Crippen LogP contribution in [0.1, 0.15) is 45.7 Å². The monoisotopic (exact) mass is 246 g/mol. The van der Waals surface area contributed by atoms with Gasteiger partial charge in [0.1, 0.15) is 0 Å². The third-order valence-electron chi connectivity index (χ3n) is 4.01. The van der Waals surface area contributed by atoms with Crippen LogP contribution in [0.15, 0.2) is 24.3 Å². The number of anilines is 1. The molecule has 1 aromatic carbocycles. The van der Waals surface area contributed by atoms with E-state index < -0.39 is 0 Å². The van der Waals surface area contributed by atoms with Crippen molar-refractivity contribution in [2.75, 3.05) is 18.0 Å². The fourth-order valence-corrected chi connectivity index (χ4v) is 3.17. The van der Waals surface area contributed by atoms with Crippen molar-refractivity contribution in [3.05, 3.63) is 29.8 Å². The average molecular weight is 246 g/mol. The molecule has 0 spiro atoms. The summed E-state index contributed by atoms with van der Waals surface area (Å²) in [5.74, 6) is 0.808. The first-order valence-corrected chi connectivity index (χ1v) is 7.22. The molecule has 2 nitrogen and oxygen atoms in total. The lowest BCUT2D eigenvalue weighted by Gasteiger charge is -2.28. The summed E-state index contributed by atoms with van der Waals surface area (Å²) in [7, 11) is 0. The second kappa shape index (κ2) is 5.75. The third kappa shape index (κ3) is 2.69. The fraction of sp³-hybridized carbons (Fsp3) is 0.625. The van der Waals surface area contributed by atoms with Crippen LogP contribution >= 0.6 is 0 Å². The number of hydrogen-bond acceptors (Lipinski definition) is 2. The first kappa shape index (κ1) is 13.4. The maximum absolute atomic E-state index is 3.53. The first-order valence-electron chi connectivity index (χ1n) is 7.22. The van der Waals surface area contributed by atoms with Gasteiger partial charge in [0.15, 0.2) is 0 Å². The molecule has 0 aliphatic carbocycles. The summed E-state index contributed by atoms with van der Waals surface area (Å²) in [4.78, 5) is 2.58. The van der Waals surface area contributed by atoms with Gasteiger partial charge in [-0.15, -0.1) is 0 Å². The molecule has 0 saturated carbocycles. The van der Waals surface area contributed by atoms with E-state index in [0.717, 1.165) is 12.5 Å². The minimum atomic E-state index is 0.425. The highest BCUT2D eigenvalue weighted by atomic mass is 15.2. The van der Waals surface area contributed by atoms with Crippen LogP contribution in [0.5, 0.6) is 0 Å². The standard InChI is InChI=1S/C16H26N2/c1-5-17-14(4)15-8-6-7-9-16(15)18-11-12(2)10-13(18)3/h6-9,12-14,17H,5,10-11H2,1-4H3. The summed E-state index contributed by atoms with van der Waals surface area (Å²) >= 11 is 0. The second-order valence-electron chi connectivity index (χ2n) is 5.68. The molecular weight excluding hydrogens is 220 g/mol. The Morgan fingerprint density at radius 3 is 2.67 bits per heavy atom. The van der Waals surface area contributed by atoms with Crippen molar-refractivity contribution in [3.8, 4) is 0 Å². The topological polar surface area (TPSA) is 15.3 Å². The molecule has 0 bridgehead atoms. The minimum absolute atomic E-state index is 0.425. The van der Waals surface area contributed by atoms with Crippen molar-refractivity contribution >= 4 is 5.69 Å². The number of nitrogens with zero attached hydrogens (tertiary/aromatic N) is 1. The minimum Gasteiger partial charge on any atom is -0.368 e. The zero-order valence-electron chi connectivity index (χ0n) is 12.1. The van der Waals surface area contributed by atoms with E-state index in [9.17, 15) is 0 Å². The van der Waals surface area contributed by atoms with Gasteiger partial charge >= 0.3 is 0 Å². The lowest BCUT2D eigenvalue weighted by Crippen LogP contribution is -2.29. The van der Waals surface area contributed by atoms with Crippen LogP contribution in [0.4, 0.5) is 5.69 Å². The number of para-hydroxylation sites is 1. The summed E-state index contributed by atoms with van der Waals surface area (Å²) in [6.45, 7) is 11.3. The van der Waals surface area contributed by atoms with E-state index in [1.54, 1.807) is 0 Å². The van der Waals surface area contributed by atoms with Crippen LogP contribution in [0.3, 0.4) is 0 Å². The zero-order valence-corrected chi connectivity index (χ0v) is 12.1. The van der Waals surface area contributed by atoms with Crippen molar-refractivity contribution in [2.45, 2.75) is 46.2 Å². The Balaban J connectivity index is 2.27. The molecule has 3 unspecified atom stereocenters. The average Bonchev–Trinajstić information content (AvgIpc) is 2.69. The summed E-state index contributed by atoms with van der Waals surface area (Å²) in [5.41, 5.74) is 2.85. The Hall–Kier alpha value is -1.02. The van der Waals surface area contributed by atoms with Crippen molar-refractivity contribution < 1.29 is 0 Å². The molecule has 1 aliphatic heterocycles. The zero-order chi connectivity index (χ0) is 13.1. The van der Waals surface area contributed by atoms with Crippen molar-refractivity contribution in [3.63, 3.8) is 0 Å². The van der Waals surface area contributed by atoms with Gasteiger partial charge in [-0.2, -0.15) is 0 Å². The van der Waals surface area contributed by atoms with Gasteiger partial charge in [-0.05, 0) is 44.4 Å². The van der Waals surface area contributed by atoms with E-state index >= 15 is 0 Å². The predicted octanol–water partition coefficient (Wildman–Crippen LogP) is 3.59. The predicted molar refractivity (Wildman–Crippen MR) is 79.1 cm³/mol. The van der Waals surface area contributed by atoms with E-state index in [0.29, 0.717) is 12.1 Å². The second-order valence-corrected chi connectivity index (χ2v) is 5.68. The van der Waals surface area contributed by atoms with Crippen LogP contribution in [0, 0.1) is 5.92 Å². The van der Waals surface area contributed by atoms with Crippen molar-refractivity contribution in [1.82, 2.24) is 5.32 Å². The molecule has 1 fully saturated rings. The highest BCUT2D eigenvalue weighted by molar-refractivity contribution is 5.56. The van der Waals surface area contributed by atoms with Crippen molar-refractivity contribution in [1.29, 1.82) is 0 Å². The summed E-state index contributed by atoms with van der Waals surface area (Å²) < 4.78 is 0. The highest BCUT2D eigenvalue weighted by Crippen LogP contribution is 2.33. The Morgan fingerprint density at radius 1 is 1.33 bits per heavy atom. The van der Waals surface area contributed by atoms with E-state index in [1.165, 1.54) is 24.2 Å². The molecule has 100 valence electrons. The molecule has 1 aromatic rings. The molecule has 18 heavy (non-hydrogen) atoms. The van der Waals surface area contributed by atoms with Gasteiger partial charge in [0.2, 0.25) is 0 Å². The first-order chi connectivity index (χ1) is 8.63. The normalized spacial score (nSPS) is 25.4. The van der Waals surface area contributed by atoms with E-state index in [2.05, 4.69) is 62.2 Å². The number of nitrogens with one attached hydrogen (secondary N) is 1. The molecule has 0 aromatic heterocycles. The third-order valence-corrected chi connectivity index (χ3v) is 4.01. The quantitative estimate of drug-likeness (QED) is 0.873. The maximum atomic E-state index is 3.53. The molecular formula is C16H26N2. The van der Waals surface area contributed by atoms with Crippen LogP contribution in [0.2, 0.25) is 0 Å². The Bertz CT molecular complexity index is 388. The smallest absolute Gasteiger partial charge is 0.0417 e. The van der Waals surface area contributed by atoms with Gasteiger partial charge in [-0.25, -0.2) is 0 Å². The molecule has 0 amide bonds. The number of benzene rings is 1. The van der Waals surface area contributed by atoms with Crippen LogP contribution in [-0.2, 0) is 0 Å². The van der Waals surface area contributed by atoms with Gasteiger partial charge in [0, 0.05) is 24.3 Å².